The summed E-state index contributed by atoms with van der Waals surface area (Å²) in [6.45, 7) is 2.47. The van der Waals surface area contributed by atoms with Gasteiger partial charge in [-0.15, -0.1) is 0 Å². The Labute approximate surface area is 118 Å². The van der Waals surface area contributed by atoms with Gasteiger partial charge < -0.3 is 10.2 Å². The molecule has 1 aliphatic heterocycles. The van der Waals surface area contributed by atoms with Crippen molar-refractivity contribution in [2.45, 2.75) is 32.0 Å². The molecule has 0 saturated carbocycles. The lowest BCUT2D eigenvalue weighted by Crippen LogP contribution is -2.48. The third kappa shape index (κ3) is 3.72. The summed E-state index contributed by atoms with van der Waals surface area (Å²) in [5, 5.41) is 6.93. The van der Waals surface area contributed by atoms with Crippen LogP contribution in [0.1, 0.15) is 13.3 Å². The number of nitrogens with zero attached hydrogens (tertiary/aromatic N) is 3. The summed E-state index contributed by atoms with van der Waals surface area (Å²) in [6, 6.07) is 1.27. The maximum atomic E-state index is 12.1. The van der Waals surface area contributed by atoms with Crippen molar-refractivity contribution in [2.75, 3.05) is 18.6 Å². The van der Waals surface area contributed by atoms with Gasteiger partial charge in [0, 0.05) is 31.5 Å². The summed E-state index contributed by atoms with van der Waals surface area (Å²) in [6.07, 6.45) is 4.03. The molecule has 0 aromatic carbocycles. The van der Waals surface area contributed by atoms with Crippen LogP contribution in [0.3, 0.4) is 0 Å². The van der Waals surface area contributed by atoms with Crippen molar-refractivity contribution in [3.8, 4) is 0 Å². The number of nitrogens with one attached hydrogen (secondary N) is 1. The predicted molar refractivity (Wildman–Crippen MR) is 75.0 cm³/mol. The Balaban J connectivity index is 1.85. The Morgan fingerprint density at radius 3 is 2.90 bits per heavy atom. The first-order valence-electron chi connectivity index (χ1n) is 6.58. The van der Waals surface area contributed by atoms with E-state index in [2.05, 4.69) is 10.4 Å². The molecule has 1 N–H and O–H groups in total. The molecule has 2 atom stereocenters. The number of carbonyl (C=O) groups is 1. The van der Waals surface area contributed by atoms with E-state index < -0.39 is 9.84 Å². The highest BCUT2D eigenvalue weighted by atomic mass is 32.2. The predicted octanol–water partition coefficient (Wildman–Crippen LogP) is 0.100. The van der Waals surface area contributed by atoms with Crippen LogP contribution in [-0.4, -0.2) is 59.8 Å². The summed E-state index contributed by atoms with van der Waals surface area (Å²) < 4.78 is 24.6. The lowest BCUT2D eigenvalue weighted by atomic mass is 10.2. The van der Waals surface area contributed by atoms with Gasteiger partial charge in [0.1, 0.15) is 0 Å². The second-order valence-corrected chi connectivity index (χ2v) is 7.48. The van der Waals surface area contributed by atoms with Crippen molar-refractivity contribution in [1.29, 1.82) is 0 Å². The lowest BCUT2D eigenvalue weighted by Gasteiger charge is -2.25. The van der Waals surface area contributed by atoms with Crippen molar-refractivity contribution in [3.05, 3.63) is 18.5 Å². The van der Waals surface area contributed by atoms with E-state index in [0.29, 0.717) is 13.0 Å². The lowest BCUT2D eigenvalue weighted by molar-refractivity contribution is 0.190. The SMILES string of the molecule is C[C@@H](Cn1cccn1)NC(=O)N(C)[C@@H]1CCS(=O)(=O)C1. The van der Waals surface area contributed by atoms with Crippen molar-refractivity contribution in [2.24, 2.45) is 0 Å². The van der Waals surface area contributed by atoms with Gasteiger partial charge in [0.15, 0.2) is 9.84 Å². The number of aromatic nitrogens is 2. The summed E-state index contributed by atoms with van der Waals surface area (Å²) in [5.74, 6) is 0.225. The minimum atomic E-state index is -2.98. The molecule has 0 spiro atoms. The standard InChI is InChI=1S/C12H20N4O3S/c1-10(8-16-6-3-5-13-16)14-12(17)15(2)11-4-7-20(18,19)9-11/h3,5-6,10-11H,4,7-9H2,1-2H3,(H,14,17)/t10-,11+/m0/s1. The third-order valence-corrected chi connectivity index (χ3v) is 5.22. The van der Waals surface area contributed by atoms with Crippen LogP contribution in [0.4, 0.5) is 4.79 Å². The van der Waals surface area contributed by atoms with E-state index in [0.717, 1.165) is 0 Å². The van der Waals surface area contributed by atoms with Gasteiger partial charge in [-0.3, -0.25) is 4.68 Å². The molecule has 0 bridgehead atoms. The minimum Gasteiger partial charge on any atom is -0.334 e. The Morgan fingerprint density at radius 2 is 2.35 bits per heavy atom. The molecule has 8 heteroatoms. The van der Waals surface area contributed by atoms with Crippen LogP contribution in [0.2, 0.25) is 0 Å². The van der Waals surface area contributed by atoms with Gasteiger partial charge in [0.05, 0.1) is 18.1 Å². The van der Waals surface area contributed by atoms with E-state index in [9.17, 15) is 13.2 Å². The zero-order chi connectivity index (χ0) is 14.8. The van der Waals surface area contributed by atoms with E-state index >= 15 is 0 Å². The van der Waals surface area contributed by atoms with Gasteiger partial charge in [0.2, 0.25) is 0 Å². The largest absolute Gasteiger partial charge is 0.334 e. The molecular formula is C12H20N4O3S. The van der Waals surface area contributed by atoms with Crippen molar-refractivity contribution >= 4 is 15.9 Å². The monoisotopic (exact) mass is 300 g/mol. The van der Waals surface area contributed by atoms with E-state index in [4.69, 9.17) is 0 Å². The Hall–Kier alpha value is -1.57. The molecule has 1 aromatic heterocycles. The fourth-order valence-corrected chi connectivity index (χ4v) is 4.07. The number of carbonyl (C=O) groups excluding carboxylic acids is 1. The van der Waals surface area contributed by atoms with E-state index in [1.54, 1.807) is 17.9 Å². The number of hydrogen-bond donors (Lipinski definition) is 1. The number of rotatable bonds is 4. The smallest absolute Gasteiger partial charge is 0.317 e. The van der Waals surface area contributed by atoms with Crippen molar-refractivity contribution in [3.63, 3.8) is 0 Å². The summed E-state index contributed by atoms with van der Waals surface area (Å²) in [7, 11) is -1.34. The zero-order valence-corrected chi connectivity index (χ0v) is 12.5. The van der Waals surface area contributed by atoms with Crippen LogP contribution in [0.15, 0.2) is 18.5 Å². The van der Waals surface area contributed by atoms with E-state index in [1.807, 2.05) is 19.2 Å². The van der Waals surface area contributed by atoms with Crippen LogP contribution < -0.4 is 5.32 Å². The molecule has 1 aliphatic rings. The number of sulfone groups is 1. The Kier molecular flexibility index (Phi) is 4.32. The van der Waals surface area contributed by atoms with Gasteiger partial charge in [-0.2, -0.15) is 5.10 Å². The second kappa shape index (κ2) is 5.82. The van der Waals surface area contributed by atoms with Crippen LogP contribution in [-0.2, 0) is 16.4 Å². The second-order valence-electron chi connectivity index (χ2n) is 5.25. The van der Waals surface area contributed by atoms with Crippen molar-refractivity contribution in [1.82, 2.24) is 20.0 Å². The van der Waals surface area contributed by atoms with E-state index in [1.165, 1.54) is 4.90 Å². The van der Waals surface area contributed by atoms with Gasteiger partial charge in [-0.05, 0) is 19.4 Å². The Morgan fingerprint density at radius 1 is 1.60 bits per heavy atom. The first kappa shape index (κ1) is 14.8. The molecular weight excluding hydrogens is 280 g/mol. The van der Waals surface area contributed by atoms with E-state index in [-0.39, 0.29) is 29.6 Å². The van der Waals surface area contributed by atoms with Gasteiger partial charge >= 0.3 is 6.03 Å². The average Bonchev–Trinajstić information content (AvgIpc) is 2.97. The molecule has 0 aliphatic carbocycles. The summed E-state index contributed by atoms with van der Waals surface area (Å²) in [5.41, 5.74) is 0. The maximum Gasteiger partial charge on any atom is 0.317 e. The van der Waals surface area contributed by atoms with Gasteiger partial charge in [-0.25, -0.2) is 13.2 Å². The minimum absolute atomic E-state index is 0.0600. The number of hydrogen-bond acceptors (Lipinski definition) is 4. The summed E-state index contributed by atoms with van der Waals surface area (Å²) >= 11 is 0. The third-order valence-electron chi connectivity index (χ3n) is 3.47. The quantitative estimate of drug-likeness (QED) is 0.855. The zero-order valence-electron chi connectivity index (χ0n) is 11.7. The fourth-order valence-electron chi connectivity index (χ4n) is 2.29. The number of amides is 2. The van der Waals surface area contributed by atoms with Gasteiger partial charge in [0.25, 0.3) is 0 Å². The molecule has 2 heterocycles. The molecule has 0 radical (unpaired) electrons. The molecule has 112 valence electrons. The highest BCUT2D eigenvalue weighted by Gasteiger charge is 2.32. The molecule has 0 unspecified atom stereocenters. The first-order chi connectivity index (χ1) is 9.37. The maximum absolute atomic E-state index is 12.1. The highest BCUT2D eigenvalue weighted by molar-refractivity contribution is 7.91. The molecule has 1 fully saturated rings. The topological polar surface area (TPSA) is 84.3 Å². The molecule has 2 amide bonds. The molecule has 20 heavy (non-hydrogen) atoms. The molecule has 7 nitrogen and oxygen atoms in total. The first-order valence-corrected chi connectivity index (χ1v) is 8.41. The van der Waals surface area contributed by atoms with Crippen LogP contribution in [0.5, 0.6) is 0 Å². The Bertz CT molecular complexity index is 555. The molecule has 1 saturated heterocycles. The molecule has 2 rings (SSSR count). The summed E-state index contributed by atoms with van der Waals surface area (Å²) in [4.78, 5) is 13.6. The van der Waals surface area contributed by atoms with Crippen LogP contribution in [0, 0.1) is 0 Å². The van der Waals surface area contributed by atoms with Gasteiger partial charge in [-0.1, -0.05) is 0 Å². The average molecular weight is 300 g/mol. The van der Waals surface area contributed by atoms with Crippen molar-refractivity contribution < 1.29 is 13.2 Å². The van der Waals surface area contributed by atoms with Crippen LogP contribution in [0.25, 0.3) is 0 Å². The fraction of sp³-hybridized carbons (Fsp3) is 0.667. The number of urea groups is 1. The molecule has 1 aromatic rings. The normalized spacial score (nSPS) is 22.4. The van der Waals surface area contributed by atoms with Crippen LogP contribution >= 0.6 is 0 Å². The highest BCUT2D eigenvalue weighted by Crippen LogP contribution is 2.16.